The van der Waals surface area contributed by atoms with Gasteiger partial charge in [-0.15, -0.1) is 11.3 Å². The highest BCUT2D eigenvalue weighted by atomic mass is 79.9. The number of aromatic nitrogens is 1. The fourth-order valence-electron chi connectivity index (χ4n) is 2.10. The van der Waals surface area contributed by atoms with E-state index in [2.05, 4.69) is 31.2 Å². The first-order chi connectivity index (χ1) is 9.66. The number of hydrogen-bond donors (Lipinski definition) is 1. The van der Waals surface area contributed by atoms with Crippen molar-refractivity contribution >= 4 is 33.1 Å². The van der Waals surface area contributed by atoms with Crippen LogP contribution in [-0.2, 0) is 0 Å². The zero-order valence-electron chi connectivity index (χ0n) is 10.2. The molecule has 0 saturated carbocycles. The van der Waals surface area contributed by atoms with Crippen molar-refractivity contribution in [2.75, 3.05) is 6.54 Å². The van der Waals surface area contributed by atoms with Gasteiger partial charge in [0, 0.05) is 18.1 Å². The summed E-state index contributed by atoms with van der Waals surface area (Å²) in [5.74, 6) is -1.01. The zero-order chi connectivity index (χ0) is 14.1. The maximum Gasteiger partial charge on any atom is 0.173 e. The van der Waals surface area contributed by atoms with Gasteiger partial charge in [0.15, 0.2) is 22.5 Å². The van der Waals surface area contributed by atoms with Gasteiger partial charge in [0.25, 0.3) is 0 Å². The molecule has 0 saturated heterocycles. The summed E-state index contributed by atoms with van der Waals surface area (Å²) in [6, 6.07) is 2.62. The Kier molecular flexibility index (Phi) is 3.80. The predicted octanol–water partition coefficient (Wildman–Crippen LogP) is 3.67. The first-order valence-electron chi connectivity index (χ1n) is 6.01. The topological polar surface area (TPSA) is 37.3 Å². The number of hydrogen-bond acceptors (Lipinski definition) is 4. The Morgan fingerprint density at radius 2 is 2.20 bits per heavy atom. The Morgan fingerprint density at radius 1 is 1.35 bits per heavy atom. The van der Waals surface area contributed by atoms with Crippen molar-refractivity contribution in [1.29, 1.82) is 0 Å². The summed E-state index contributed by atoms with van der Waals surface area (Å²) in [5.41, 5.74) is 0.688. The van der Waals surface area contributed by atoms with E-state index in [1.807, 2.05) is 5.38 Å². The average molecular weight is 358 g/mol. The lowest BCUT2D eigenvalue weighted by Gasteiger charge is -2.25. The molecule has 0 unspecified atom stereocenters. The normalized spacial score (nSPS) is 18.6. The molecular formula is C13H10BrF2N3S. The highest BCUT2D eigenvalue weighted by molar-refractivity contribution is 9.10. The molecular weight excluding hydrogens is 348 g/mol. The highest BCUT2D eigenvalue weighted by Gasteiger charge is 2.23. The minimum Gasteiger partial charge on any atom is -0.361 e. The Bertz CT molecular complexity index is 658. The quantitative estimate of drug-likeness (QED) is 0.832. The number of aliphatic imine (C=N–C) groups is 1. The monoisotopic (exact) mass is 357 g/mol. The first-order valence-corrected chi connectivity index (χ1v) is 7.68. The van der Waals surface area contributed by atoms with Crippen molar-refractivity contribution in [3.63, 3.8) is 0 Å². The van der Waals surface area contributed by atoms with E-state index in [4.69, 9.17) is 0 Å². The van der Waals surface area contributed by atoms with Crippen LogP contribution in [0, 0.1) is 11.6 Å². The number of benzene rings is 1. The third kappa shape index (κ3) is 2.47. The number of nitrogens with one attached hydrogen (secondary N) is 1. The van der Waals surface area contributed by atoms with Crippen molar-refractivity contribution in [2.24, 2.45) is 4.99 Å². The maximum atomic E-state index is 13.6. The number of nitrogens with zero attached hydrogens (tertiary/aromatic N) is 2. The second-order valence-electron chi connectivity index (χ2n) is 4.32. The van der Waals surface area contributed by atoms with Gasteiger partial charge in [-0.25, -0.2) is 13.8 Å². The molecule has 1 aromatic heterocycles. The fourth-order valence-corrected chi connectivity index (χ4v) is 3.31. The molecule has 0 amide bonds. The van der Waals surface area contributed by atoms with Crippen molar-refractivity contribution in [1.82, 2.24) is 10.3 Å². The fraction of sp³-hybridized carbons (Fsp3) is 0.231. The molecule has 3 rings (SSSR count). The molecule has 104 valence electrons. The molecule has 2 heterocycles. The van der Waals surface area contributed by atoms with E-state index in [0.29, 0.717) is 17.9 Å². The number of halogens is 3. The van der Waals surface area contributed by atoms with E-state index in [-0.39, 0.29) is 10.5 Å². The number of thiazole rings is 1. The SMILES string of the molecule is Fc1ccc([C@H]2CCN=C(c3nccs3)N2)c(Br)c1F. The smallest absolute Gasteiger partial charge is 0.173 e. The lowest BCUT2D eigenvalue weighted by Crippen LogP contribution is -2.34. The Hall–Kier alpha value is -1.34. The third-order valence-corrected chi connectivity index (χ3v) is 4.66. The van der Waals surface area contributed by atoms with Gasteiger partial charge in [0.2, 0.25) is 0 Å². The van der Waals surface area contributed by atoms with Crippen LogP contribution in [0.5, 0.6) is 0 Å². The van der Waals surface area contributed by atoms with Gasteiger partial charge in [-0.2, -0.15) is 0 Å². The standard InChI is InChI=1S/C13H10BrF2N3S/c14-10-7(1-2-8(15)11(10)16)9-3-4-17-12(19-9)13-18-5-6-20-13/h1-2,5-6,9H,3-4H2,(H,17,19)/t9-/m1/s1. The molecule has 7 heteroatoms. The van der Waals surface area contributed by atoms with Gasteiger partial charge in [-0.1, -0.05) is 6.07 Å². The molecule has 20 heavy (non-hydrogen) atoms. The Labute approximate surface area is 126 Å². The second kappa shape index (κ2) is 5.57. The summed E-state index contributed by atoms with van der Waals surface area (Å²) in [5, 5.41) is 5.91. The van der Waals surface area contributed by atoms with Crippen LogP contribution in [0.15, 0.2) is 33.2 Å². The van der Waals surface area contributed by atoms with Gasteiger partial charge in [-0.3, -0.25) is 4.99 Å². The van der Waals surface area contributed by atoms with Crippen LogP contribution in [0.25, 0.3) is 0 Å². The van der Waals surface area contributed by atoms with E-state index >= 15 is 0 Å². The van der Waals surface area contributed by atoms with E-state index in [1.54, 1.807) is 12.3 Å². The van der Waals surface area contributed by atoms with Gasteiger partial charge in [0.1, 0.15) is 0 Å². The molecule has 2 aromatic rings. The van der Waals surface area contributed by atoms with Crippen molar-refractivity contribution < 1.29 is 8.78 Å². The second-order valence-corrected chi connectivity index (χ2v) is 6.01. The van der Waals surface area contributed by atoms with Crippen molar-refractivity contribution in [2.45, 2.75) is 12.5 Å². The molecule has 1 atom stereocenters. The number of amidine groups is 1. The Morgan fingerprint density at radius 3 is 2.95 bits per heavy atom. The molecule has 1 aliphatic rings. The minimum absolute atomic E-state index is 0.115. The molecule has 0 spiro atoms. The van der Waals surface area contributed by atoms with Crippen LogP contribution in [-0.4, -0.2) is 17.4 Å². The number of rotatable bonds is 2. The first kappa shape index (κ1) is 13.6. The lowest BCUT2D eigenvalue weighted by atomic mass is 10.0. The van der Waals surface area contributed by atoms with Crippen LogP contribution in [0.2, 0.25) is 0 Å². The Balaban J connectivity index is 1.90. The van der Waals surface area contributed by atoms with Crippen LogP contribution in [0.1, 0.15) is 23.0 Å². The third-order valence-electron chi connectivity index (χ3n) is 3.07. The minimum atomic E-state index is -0.859. The summed E-state index contributed by atoms with van der Waals surface area (Å²) in [7, 11) is 0. The molecule has 1 aromatic carbocycles. The van der Waals surface area contributed by atoms with Crippen LogP contribution in [0.3, 0.4) is 0 Å². The van der Waals surface area contributed by atoms with Gasteiger partial charge in [-0.05, 0) is 34.0 Å². The molecule has 1 aliphatic heterocycles. The average Bonchev–Trinajstić information content (AvgIpc) is 2.99. The van der Waals surface area contributed by atoms with Gasteiger partial charge < -0.3 is 5.32 Å². The van der Waals surface area contributed by atoms with E-state index in [0.717, 1.165) is 17.5 Å². The molecule has 1 N–H and O–H groups in total. The summed E-state index contributed by atoms with van der Waals surface area (Å²) < 4.78 is 27.0. The molecule has 0 fully saturated rings. The zero-order valence-corrected chi connectivity index (χ0v) is 12.6. The van der Waals surface area contributed by atoms with Crippen LogP contribution < -0.4 is 5.32 Å². The van der Waals surface area contributed by atoms with Crippen molar-refractivity contribution in [3.8, 4) is 0 Å². The van der Waals surface area contributed by atoms with E-state index in [9.17, 15) is 8.78 Å². The van der Waals surface area contributed by atoms with Crippen LogP contribution in [0.4, 0.5) is 8.78 Å². The summed E-state index contributed by atoms with van der Waals surface area (Å²) in [6.45, 7) is 0.623. The van der Waals surface area contributed by atoms with Gasteiger partial charge >= 0.3 is 0 Å². The van der Waals surface area contributed by atoms with Crippen molar-refractivity contribution in [3.05, 3.63) is 50.4 Å². The lowest BCUT2D eigenvalue weighted by molar-refractivity contribution is 0.494. The highest BCUT2D eigenvalue weighted by Crippen LogP contribution is 2.31. The maximum absolute atomic E-state index is 13.6. The van der Waals surface area contributed by atoms with Gasteiger partial charge in [0.05, 0.1) is 10.5 Å². The molecule has 3 nitrogen and oxygen atoms in total. The molecule has 0 bridgehead atoms. The molecule has 0 radical (unpaired) electrons. The van der Waals surface area contributed by atoms with Crippen LogP contribution >= 0.6 is 27.3 Å². The predicted molar refractivity (Wildman–Crippen MR) is 78.1 cm³/mol. The summed E-state index contributed by atoms with van der Waals surface area (Å²) in [4.78, 5) is 8.59. The summed E-state index contributed by atoms with van der Waals surface area (Å²) >= 11 is 4.61. The van der Waals surface area contributed by atoms with E-state index in [1.165, 1.54) is 11.3 Å². The summed E-state index contributed by atoms with van der Waals surface area (Å²) in [6.07, 6.45) is 2.43. The largest absolute Gasteiger partial charge is 0.361 e. The van der Waals surface area contributed by atoms with E-state index < -0.39 is 11.6 Å². The molecule has 0 aliphatic carbocycles.